The smallest absolute Gasteiger partial charge is 0.326 e. The van der Waals surface area contributed by atoms with Gasteiger partial charge >= 0.3 is 5.97 Å². The molecule has 0 spiro atoms. The molecule has 0 unspecified atom stereocenters. The quantitative estimate of drug-likeness (QED) is 0.538. The SMILES string of the molecule is COc1cc(C(=O)N[C@H](Cc2c[nH]c3ccccc23)C(=O)O)cc(OC)c1OC. The van der Waals surface area contributed by atoms with Crippen molar-refractivity contribution in [1.29, 1.82) is 0 Å². The lowest BCUT2D eigenvalue weighted by molar-refractivity contribution is -0.139. The molecule has 3 rings (SSSR count). The van der Waals surface area contributed by atoms with Crippen LogP contribution in [-0.4, -0.2) is 49.3 Å². The maximum Gasteiger partial charge on any atom is 0.326 e. The van der Waals surface area contributed by atoms with E-state index in [1.165, 1.54) is 33.5 Å². The van der Waals surface area contributed by atoms with E-state index in [9.17, 15) is 14.7 Å². The first-order valence-electron chi connectivity index (χ1n) is 8.87. The van der Waals surface area contributed by atoms with Crippen LogP contribution in [0.25, 0.3) is 10.9 Å². The molecule has 1 amide bonds. The van der Waals surface area contributed by atoms with Crippen LogP contribution in [0, 0.1) is 0 Å². The minimum absolute atomic E-state index is 0.134. The van der Waals surface area contributed by atoms with E-state index in [4.69, 9.17) is 14.2 Å². The molecule has 0 saturated carbocycles. The zero-order valence-electron chi connectivity index (χ0n) is 16.3. The Morgan fingerprint density at radius 1 is 1.07 bits per heavy atom. The van der Waals surface area contributed by atoms with Gasteiger partial charge in [-0.1, -0.05) is 18.2 Å². The Bertz CT molecular complexity index is 1020. The van der Waals surface area contributed by atoms with Crippen LogP contribution in [0.3, 0.4) is 0 Å². The van der Waals surface area contributed by atoms with E-state index in [0.29, 0.717) is 17.2 Å². The van der Waals surface area contributed by atoms with Gasteiger partial charge in [0, 0.05) is 29.1 Å². The van der Waals surface area contributed by atoms with Gasteiger partial charge in [0.05, 0.1) is 21.3 Å². The summed E-state index contributed by atoms with van der Waals surface area (Å²) < 4.78 is 15.7. The molecule has 8 heteroatoms. The largest absolute Gasteiger partial charge is 0.493 e. The normalized spacial score (nSPS) is 11.7. The molecular formula is C21H22N2O6. The molecule has 0 saturated heterocycles. The van der Waals surface area contributed by atoms with Gasteiger partial charge < -0.3 is 29.6 Å². The number of carbonyl (C=O) groups excluding carboxylic acids is 1. The highest BCUT2D eigenvalue weighted by molar-refractivity contribution is 5.98. The number of nitrogens with one attached hydrogen (secondary N) is 2. The Morgan fingerprint density at radius 3 is 2.31 bits per heavy atom. The second kappa shape index (κ2) is 8.55. The summed E-state index contributed by atoms with van der Waals surface area (Å²) in [5, 5.41) is 13.1. The third-order valence-electron chi connectivity index (χ3n) is 4.63. The predicted octanol–water partition coefficient (Wildman–Crippen LogP) is 2.62. The molecule has 2 aromatic carbocycles. The molecule has 1 atom stereocenters. The number of ether oxygens (including phenoxy) is 3. The van der Waals surface area contributed by atoms with Crippen LogP contribution in [0.1, 0.15) is 15.9 Å². The van der Waals surface area contributed by atoms with Crippen molar-refractivity contribution in [2.45, 2.75) is 12.5 Å². The van der Waals surface area contributed by atoms with Gasteiger partial charge in [-0.25, -0.2) is 4.79 Å². The predicted molar refractivity (Wildman–Crippen MR) is 107 cm³/mol. The van der Waals surface area contributed by atoms with Crippen molar-refractivity contribution < 1.29 is 28.9 Å². The van der Waals surface area contributed by atoms with Crippen LogP contribution < -0.4 is 19.5 Å². The highest BCUT2D eigenvalue weighted by Gasteiger charge is 2.24. The third-order valence-corrected chi connectivity index (χ3v) is 4.63. The van der Waals surface area contributed by atoms with Gasteiger partial charge in [0.2, 0.25) is 5.75 Å². The van der Waals surface area contributed by atoms with Crippen molar-refractivity contribution in [3.05, 3.63) is 53.7 Å². The molecule has 0 fully saturated rings. The molecule has 0 radical (unpaired) electrons. The summed E-state index contributed by atoms with van der Waals surface area (Å²) >= 11 is 0. The first-order chi connectivity index (χ1) is 14.0. The van der Waals surface area contributed by atoms with E-state index < -0.39 is 17.9 Å². The number of aliphatic carboxylic acids is 1. The summed E-state index contributed by atoms with van der Waals surface area (Å²) in [6.07, 6.45) is 1.89. The number of rotatable bonds is 8. The van der Waals surface area contributed by atoms with E-state index in [-0.39, 0.29) is 12.0 Å². The van der Waals surface area contributed by atoms with Crippen LogP contribution in [0.15, 0.2) is 42.6 Å². The van der Waals surface area contributed by atoms with E-state index in [2.05, 4.69) is 10.3 Å². The van der Waals surface area contributed by atoms with Gasteiger partial charge in [-0.15, -0.1) is 0 Å². The zero-order valence-corrected chi connectivity index (χ0v) is 16.3. The Balaban J connectivity index is 1.86. The van der Waals surface area contributed by atoms with Crippen LogP contribution in [-0.2, 0) is 11.2 Å². The molecule has 0 bridgehead atoms. The zero-order chi connectivity index (χ0) is 21.0. The lowest BCUT2D eigenvalue weighted by Crippen LogP contribution is -2.42. The molecule has 8 nitrogen and oxygen atoms in total. The fourth-order valence-electron chi connectivity index (χ4n) is 3.17. The molecule has 3 N–H and O–H groups in total. The van der Waals surface area contributed by atoms with Crippen molar-refractivity contribution >= 4 is 22.8 Å². The van der Waals surface area contributed by atoms with E-state index >= 15 is 0 Å². The molecule has 29 heavy (non-hydrogen) atoms. The number of carboxylic acid groups (broad SMARTS) is 1. The number of carbonyl (C=O) groups is 2. The number of aromatic nitrogens is 1. The van der Waals surface area contributed by atoms with Crippen molar-refractivity contribution in [3.63, 3.8) is 0 Å². The number of benzene rings is 2. The highest BCUT2D eigenvalue weighted by Crippen LogP contribution is 2.38. The van der Waals surface area contributed by atoms with Crippen LogP contribution in [0.5, 0.6) is 17.2 Å². The summed E-state index contributed by atoms with van der Waals surface area (Å²) in [6, 6.07) is 9.42. The summed E-state index contributed by atoms with van der Waals surface area (Å²) in [6.45, 7) is 0. The monoisotopic (exact) mass is 398 g/mol. The lowest BCUT2D eigenvalue weighted by atomic mass is 10.0. The lowest BCUT2D eigenvalue weighted by Gasteiger charge is -2.17. The number of amides is 1. The Hall–Kier alpha value is -3.68. The van der Waals surface area contributed by atoms with Gasteiger partial charge in [0.1, 0.15) is 6.04 Å². The van der Waals surface area contributed by atoms with Crippen LogP contribution in [0.2, 0.25) is 0 Å². The summed E-state index contributed by atoms with van der Waals surface area (Å²) in [5.41, 5.74) is 1.91. The third kappa shape index (κ3) is 4.11. The standard InChI is InChI=1S/C21H22N2O6/c1-27-17-9-12(10-18(28-2)19(17)29-3)20(24)23-16(21(25)26)8-13-11-22-15-7-5-4-6-14(13)15/h4-7,9-11,16,22H,8H2,1-3H3,(H,23,24)(H,25,26)/t16-/m1/s1. The first kappa shape index (κ1) is 20.1. The minimum atomic E-state index is -1.13. The molecule has 1 heterocycles. The van der Waals surface area contributed by atoms with Gasteiger partial charge in [-0.2, -0.15) is 0 Å². The van der Waals surface area contributed by atoms with Crippen molar-refractivity contribution in [2.75, 3.05) is 21.3 Å². The minimum Gasteiger partial charge on any atom is -0.493 e. The maximum atomic E-state index is 12.8. The van der Waals surface area contributed by atoms with Gasteiger partial charge in [-0.3, -0.25) is 4.79 Å². The average molecular weight is 398 g/mol. The Morgan fingerprint density at radius 2 is 1.72 bits per heavy atom. The Kier molecular flexibility index (Phi) is 5.92. The van der Waals surface area contributed by atoms with Crippen molar-refractivity contribution in [3.8, 4) is 17.2 Å². The van der Waals surface area contributed by atoms with Crippen LogP contribution >= 0.6 is 0 Å². The fraction of sp³-hybridized carbons (Fsp3) is 0.238. The van der Waals surface area contributed by atoms with Gasteiger partial charge in [-0.05, 0) is 23.8 Å². The van der Waals surface area contributed by atoms with E-state index in [1.54, 1.807) is 6.20 Å². The summed E-state index contributed by atoms with van der Waals surface area (Å²) in [4.78, 5) is 27.6. The number of hydrogen-bond donors (Lipinski definition) is 3. The van der Waals surface area contributed by atoms with E-state index in [0.717, 1.165) is 16.5 Å². The second-order valence-electron chi connectivity index (χ2n) is 6.34. The molecule has 0 aliphatic carbocycles. The van der Waals surface area contributed by atoms with Crippen LogP contribution in [0.4, 0.5) is 0 Å². The number of aromatic amines is 1. The van der Waals surface area contributed by atoms with Gasteiger partial charge in [0.15, 0.2) is 11.5 Å². The average Bonchev–Trinajstić information content (AvgIpc) is 3.14. The fourth-order valence-corrected chi connectivity index (χ4v) is 3.17. The first-order valence-corrected chi connectivity index (χ1v) is 8.87. The number of methoxy groups -OCH3 is 3. The van der Waals surface area contributed by atoms with Crippen molar-refractivity contribution in [1.82, 2.24) is 10.3 Å². The number of para-hydroxylation sites is 1. The van der Waals surface area contributed by atoms with Gasteiger partial charge in [0.25, 0.3) is 5.91 Å². The highest BCUT2D eigenvalue weighted by atomic mass is 16.5. The summed E-state index contributed by atoms with van der Waals surface area (Å²) in [7, 11) is 4.34. The Labute approximate surface area is 167 Å². The molecule has 152 valence electrons. The molecule has 0 aliphatic heterocycles. The maximum absolute atomic E-state index is 12.8. The second-order valence-corrected chi connectivity index (χ2v) is 6.34. The molecule has 0 aliphatic rings. The molecule has 1 aromatic heterocycles. The molecule has 3 aromatic rings. The number of hydrogen-bond acceptors (Lipinski definition) is 5. The van der Waals surface area contributed by atoms with E-state index in [1.807, 2.05) is 24.3 Å². The number of carboxylic acids is 1. The number of fused-ring (bicyclic) bond motifs is 1. The molecular weight excluding hydrogens is 376 g/mol. The topological polar surface area (TPSA) is 110 Å². The van der Waals surface area contributed by atoms with Crippen molar-refractivity contribution in [2.24, 2.45) is 0 Å². The number of H-pyrrole nitrogens is 1. The summed E-state index contributed by atoms with van der Waals surface area (Å²) in [5.74, 6) is -0.728.